The third kappa shape index (κ3) is 4.07. The Morgan fingerprint density at radius 1 is 1.18 bits per heavy atom. The van der Waals surface area contributed by atoms with E-state index in [-0.39, 0.29) is 23.9 Å². The smallest absolute Gasteiger partial charge is 0.293 e. The molecule has 1 fully saturated rings. The fourth-order valence-electron chi connectivity index (χ4n) is 4.26. The van der Waals surface area contributed by atoms with Gasteiger partial charge in [-0.3, -0.25) is 9.59 Å². The number of rotatable bonds is 7. The van der Waals surface area contributed by atoms with Gasteiger partial charge in [0.2, 0.25) is 5.91 Å². The van der Waals surface area contributed by atoms with Gasteiger partial charge in [0.05, 0.1) is 29.9 Å². The van der Waals surface area contributed by atoms with Crippen LogP contribution in [0.5, 0.6) is 5.75 Å². The minimum absolute atomic E-state index is 0.201. The van der Waals surface area contributed by atoms with Crippen molar-refractivity contribution in [3.63, 3.8) is 0 Å². The summed E-state index contributed by atoms with van der Waals surface area (Å²) in [7, 11) is 0. The number of aromatic nitrogens is 4. The molecule has 174 valence electrons. The van der Waals surface area contributed by atoms with Gasteiger partial charge in [-0.1, -0.05) is 29.8 Å². The standard InChI is InChI=1S/C26H27N5O3/c1-4-34-22-8-6-5-7-20(22)28-23(32)15-30-26(33)25-19(24(29-30)18-10-11-18)14-27-31(25)21-12-9-16(2)13-17(21)3/h5-9,12-14,18H,4,10-11,15H2,1-3H3,(H,28,32). The van der Waals surface area contributed by atoms with Crippen molar-refractivity contribution < 1.29 is 9.53 Å². The van der Waals surface area contributed by atoms with Gasteiger partial charge in [0.1, 0.15) is 17.8 Å². The molecule has 5 rings (SSSR count). The van der Waals surface area contributed by atoms with E-state index in [9.17, 15) is 9.59 Å². The summed E-state index contributed by atoms with van der Waals surface area (Å²) in [5.74, 6) is 0.522. The molecule has 34 heavy (non-hydrogen) atoms. The van der Waals surface area contributed by atoms with E-state index < -0.39 is 0 Å². The van der Waals surface area contributed by atoms with Gasteiger partial charge in [-0.2, -0.15) is 10.2 Å². The Balaban J connectivity index is 1.55. The second-order valence-corrected chi connectivity index (χ2v) is 8.71. The van der Waals surface area contributed by atoms with E-state index in [1.54, 1.807) is 23.0 Å². The molecule has 1 saturated carbocycles. The summed E-state index contributed by atoms with van der Waals surface area (Å²) in [5.41, 5.74) is 4.49. The Kier molecular flexibility index (Phi) is 5.65. The average Bonchev–Trinajstić information content (AvgIpc) is 3.56. The number of hydrogen-bond donors (Lipinski definition) is 1. The molecule has 0 saturated heterocycles. The van der Waals surface area contributed by atoms with E-state index in [0.29, 0.717) is 23.6 Å². The first-order valence-corrected chi connectivity index (χ1v) is 11.5. The van der Waals surface area contributed by atoms with E-state index in [4.69, 9.17) is 4.74 Å². The predicted molar refractivity (Wildman–Crippen MR) is 131 cm³/mol. The SMILES string of the molecule is CCOc1ccccc1NC(=O)Cn1nc(C2CC2)c2cnn(-c3ccc(C)cc3C)c2c1=O. The molecule has 1 N–H and O–H groups in total. The van der Waals surface area contributed by atoms with Crippen molar-refractivity contribution in [1.82, 2.24) is 19.6 Å². The molecule has 2 aromatic carbocycles. The van der Waals surface area contributed by atoms with Crippen molar-refractivity contribution in [3.05, 3.63) is 75.8 Å². The summed E-state index contributed by atoms with van der Waals surface area (Å²) in [4.78, 5) is 26.5. The zero-order valence-corrected chi connectivity index (χ0v) is 19.5. The first kappa shape index (κ1) is 21.9. The lowest BCUT2D eigenvalue weighted by Gasteiger charge is -2.13. The van der Waals surface area contributed by atoms with Crippen molar-refractivity contribution in [2.24, 2.45) is 0 Å². The number of carbonyl (C=O) groups excluding carboxylic acids is 1. The second-order valence-electron chi connectivity index (χ2n) is 8.71. The maximum atomic E-state index is 13.5. The molecule has 1 aliphatic carbocycles. The van der Waals surface area contributed by atoms with E-state index in [1.807, 2.05) is 45.0 Å². The van der Waals surface area contributed by atoms with Crippen LogP contribution in [0.15, 0.2) is 53.5 Å². The highest BCUT2D eigenvalue weighted by atomic mass is 16.5. The van der Waals surface area contributed by atoms with Crippen LogP contribution < -0.4 is 15.6 Å². The quantitative estimate of drug-likeness (QED) is 0.451. The lowest BCUT2D eigenvalue weighted by Crippen LogP contribution is -2.31. The van der Waals surface area contributed by atoms with Gasteiger partial charge in [-0.05, 0) is 57.4 Å². The number of hydrogen-bond acceptors (Lipinski definition) is 5. The summed E-state index contributed by atoms with van der Waals surface area (Å²) in [5, 5.41) is 12.8. The van der Waals surface area contributed by atoms with Crippen LogP contribution in [0.1, 0.15) is 42.5 Å². The highest BCUT2D eigenvalue weighted by molar-refractivity contribution is 5.92. The van der Waals surface area contributed by atoms with Crippen LogP contribution in [-0.2, 0) is 11.3 Å². The molecule has 2 aromatic heterocycles. The molecule has 0 aliphatic heterocycles. The van der Waals surface area contributed by atoms with E-state index in [0.717, 1.165) is 40.7 Å². The number of para-hydroxylation sites is 2. The number of benzene rings is 2. The number of fused-ring (bicyclic) bond motifs is 1. The van der Waals surface area contributed by atoms with Crippen LogP contribution in [-0.4, -0.2) is 32.1 Å². The molecule has 2 heterocycles. The summed E-state index contributed by atoms with van der Waals surface area (Å²) in [6.45, 7) is 6.20. The van der Waals surface area contributed by atoms with Crippen LogP contribution in [0.3, 0.4) is 0 Å². The number of amides is 1. The van der Waals surface area contributed by atoms with Gasteiger partial charge < -0.3 is 10.1 Å². The molecule has 4 aromatic rings. The number of carbonyl (C=O) groups is 1. The molecule has 0 atom stereocenters. The van der Waals surface area contributed by atoms with Gasteiger partial charge in [-0.15, -0.1) is 0 Å². The Bertz CT molecular complexity index is 1450. The largest absolute Gasteiger partial charge is 0.492 e. The Morgan fingerprint density at radius 3 is 2.71 bits per heavy atom. The number of nitrogens with one attached hydrogen (secondary N) is 1. The summed E-state index contributed by atoms with van der Waals surface area (Å²) < 4.78 is 8.53. The van der Waals surface area contributed by atoms with Crippen LogP contribution in [0.25, 0.3) is 16.6 Å². The van der Waals surface area contributed by atoms with Crippen LogP contribution >= 0.6 is 0 Å². The molecule has 0 unspecified atom stereocenters. The maximum absolute atomic E-state index is 13.5. The lowest BCUT2D eigenvalue weighted by molar-refractivity contribution is -0.117. The molecular weight excluding hydrogens is 430 g/mol. The highest BCUT2D eigenvalue weighted by Gasteiger charge is 2.30. The van der Waals surface area contributed by atoms with Crippen LogP contribution in [0.2, 0.25) is 0 Å². The Labute approximate surface area is 197 Å². The van der Waals surface area contributed by atoms with Crippen molar-refractivity contribution in [1.29, 1.82) is 0 Å². The minimum atomic E-state index is -0.347. The van der Waals surface area contributed by atoms with E-state index in [1.165, 1.54) is 4.68 Å². The molecular formula is C26H27N5O3. The maximum Gasteiger partial charge on any atom is 0.293 e. The highest BCUT2D eigenvalue weighted by Crippen LogP contribution is 2.41. The van der Waals surface area contributed by atoms with Gasteiger partial charge in [0.15, 0.2) is 0 Å². The van der Waals surface area contributed by atoms with Crippen LogP contribution in [0.4, 0.5) is 5.69 Å². The van der Waals surface area contributed by atoms with Gasteiger partial charge in [0, 0.05) is 11.3 Å². The second kappa shape index (κ2) is 8.78. The first-order valence-electron chi connectivity index (χ1n) is 11.5. The number of nitrogens with zero attached hydrogens (tertiary/aromatic N) is 4. The zero-order valence-electron chi connectivity index (χ0n) is 19.5. The normalized spacial score (nSPS) is 13.3. The number of aryl methyl sites for hydroxylation is 2. The summed E-state index contributed by atoms with van der Waals surface area (Å²) in [6.07, 6.45) is 3.76. The zero-order chi connectivity index (χ0) is 23.8. The minimum Gasteiger partial charge on any atom is -0.492 e. The van der Waals surface area contributed by atoms with Crippen molar-refractivity contribution in [2.45, 2.75) is 46.1 Å². The molecule has 8 heteroatoms. The summed E-state index contributed by atoms with van der Waals surface area (Å²) in [6, 6.07) is 13.3. The molecule has 1 aliphatic rings. The topological polar surface area (TPSA) is 91.0 Å². The Morgan fingerprint density at radius 2 is 1.97 bits per heavy atom. The van der Waals surface area contributed by atoms with E-state index in [2.05, 4.69) is 21.6 Å². The first-order chi connectivity index (χ1) is 16.5. The fraction of sp³-hybridized carbons (Fsp3) is 0.308. The number of ether oxygens (including phenoxy) is 1. The third-order valence-electron chi connectivity index (χ3n) is 6.01. The van der Waals surface area contributed by atoms with Crippen molar-refractivity contribution in [2.75, 3.05) is 11.9 Å². The van der Waals surface area contributed by atoms with Gasteiger partial charge in [-0.25, -0.2) is 9.36 Å². The molecule has 8 nitrogen and oxygen atoms in total. The molecule has 1 amide bonds. The molecule has 0 spiro atoms. The van der Waals surface area contributed by atoms with Crippen molar-refractivity contribution >= 4 is 22.5 Å². The number of anilines is 1. The Hall–Kier alpha value is -3.94. The predicted octanol–water partition coefficient (Wildman–Crippen LogP) is 4.11. The van der Waals surface area contributed by atoms with Crippen LogP contribution in [0, 0.1) is 13.8 Å². The average molecular weight is 458 g/mol. The van der Waals surface area contributed by atoms with Crippen molar-refractivity contribution in [3.8, 4) is 11.4 Å². The monoisotopic (exact) mass is 457 g/mol. The molecule has 0 bridgehead atoms. The van der Waals surface area contributed by atoms with Gasteiger partial charge in [0.25, 0.3) is 5.56 Å². The van der Waals surface area contributed by atoms with E-state index >= 15 is 0 Å². The van der Waals surface area contributed by atoms with Gasteiger partial charge >= 0.3 is 0 Å². The third-order valence-corrected chi connectivity index (χ3v) is 6.01. The fourth-order valence-corrected chi connectivity index (χ4v) is 4.26. The molecule has 0 radical (unpaired) electrons. The summed E-state index contributed by atoms with van der Waals surface area (Å²) >= 11 is 0. The lowest BCUT2D eigenvalue weighted by atomic mass is 10.1.